The van der Waals surface area contributed by atoms with Crippen LogP contribution in [0.25, 0.3) is 0 Å². The fourth-order valence-electron chi connectivity index (χ4n) is 2.68. The van der Waals surface area contributed by atoms with Crippen LogP contribution in [0.5, 0.6) is 5.75 Å². The molecular weight excluding hydrogens is 231 g/mol. The molecule has 0 amide bonds. The Bertz CT molecular complexity index is 434. The Morgan fingerprint density at radius 3 is 2.83 bits per heavy atom. The van der Waals surface area contributed by atoms with Crippen molar-refractivity contribution >= 4 is 5.69 Å². The minimum Gasteiger partial charge on any atom is -0.497 e. The van der Waals surface area contributed by atoms with Crippen molar-refractivity contribution in [2.45, 2.75) is 31.3 Å². The van der Waals surface area contributed by atoms with Crippen molar-refractivity contribution in [2.75, 3.05) is 25.5 Å². The molecule has 1 unspecified atom stereocenters. The number of likely N-dealkylation sites (tertiary alicyclic amines) is 1. The SMILES string of the molecule is COc1cc(F)cc(NC2CCN(C3CC3)C2)c1. The molecule has 3 nitrogen and oxygen atoms in total. The van der Waals surface area contributed by atoms with Gasteiger partial charge in [-0.15, -0.1) is 0 Å². The number of rotatable bonds is 4. The average Bonchev–Trinajstić information content (AvgIpc) is 3.10. The van der Waals surface area contributed by atoms with Crippen LogP contribution in [0.15, 0.2) is 18.2 Å². The maximum Gasteiger partial charge on any atom is 0.128 e. The molecule has 18 heavy (non-hydrogen) atoms. The molecule has 2 aliphatic rings. The summed E-state index contributed by atoms with van der Waals surface area (Å²) in [6, 6.07) is 6.03. The van der Waals surface area contributed by atoms with Crippen LogP contribution >= 0.6 is 0 Å². The number of benzene rings is 1. The van der Waals surface area contributed by atoms with Gasteiger partial charge in [-0.25, -0.2) is 4.39 Å². The van der Waals surface area contributed by atoms with Gasteiger partial charge < -0.3 is 10.1 Å². The number of nitrogens with one attached hydrogen (secondary N) is 1. The van der Waals surface area contributed by atoms with E-state index in [1.54, 1.807) is 7.11 Å². The number of ether oxygens (including phenoxy) is 1. The van der Waals surface area contributed by atoms with E-state index in [1.165, 1.54) is 25.0 Å². The van der Waals surface area contributed by atoms with Gasteiger partial charge in [-0.3, -0.25) is 4.90 Å². The van der Waals surface area contributed by atoms with Crippen molar-refractivity contribution in [3.05, 3.63) is 24.0 Å². The lowest BCUT2D eigenvalue weighted by atomic mass is 10.2. The molecule has 0 radical (unpaired) electrons. The molecule has 1 saturated carbocycles. The molecule has 1 aliphatic carbocycles. The van der Waals surface area contributed by atoms with Crippen molar-refractivity contribution in [1.29, 1.82) is 0 Å². The first-order chi connectivity index (χ1) is 8.74. The smallest absolute Gasteiger partial charge is 0.128 e. The number of anilines is 1. The highest BCUT2D eigenvalue weighted by molar-refractivity contribution is 5.49. The summed E-state index contributed by atoms with van der Waals surface area (Å²) in [6.07, 6.45) is 3.83. The van der Waals surface area contributed by atoms with Crippen molar-refractivity contribution in [1.82, 2.24) is 4.90 Å². The molecule has 2 fully saturated rings. The van der Waals surface area contributed by atoms with Gasteiger partial charge in [-0.05, 0) is 25.3 Å². The lowest BCUT2D eigenvalue weighted by Gasteiger charge is -2.17. The molecule has 1 aromatic rings. The zero-order valence-corrected chi connectivity index (χ0v) is 10.7. The topological polar surface area (TPSA) is 24.5 Å². The Morgan fingerprint density at radius 2 is 2.11 bits per heavy atom. The Hall–Kier alpha value is -1.29. The van der Waals surface area contributed by atoms with E-state index in [0.29, 0.717) is 11.8 Å². The van der Waals surface area contributed by atoms with E-state index in [9.17, 15) is 4.39 Å². The number of methoxy groups -OCH3 is 1. The maximum atomic E-state index is 13.4. The number of hydrogen-bond acceptors (Lipinski definition) is 3. The van der Waals surface area contributed by atoms with Gasteiger partial charge >= 0.3 is 0 Å². The molecule has 4 heteroatoms. The van der Waals surface area contributed by atoms with Crippen molar-refractivity contribution in [2.24, 2.45) is 0 Å². The third-order valence-corrected chi connectivity index (χ3v) is 3.76. The number of hydrogen-bond donors (Lipinski definition) is 1. The number of nitrogens with zero attached hydrogens (tertiary/aromatic N) is 1. The van der Waals surface area contributed by atoms with Crippen LogP contribution in [0.3, 0.4) is 0 Å². The summed E-state index contributed by atoms with van der Waals surface area (Å²) in [5.41, 5.74) is 0.814. The Kier molecular flexibility index (Phi) is 3.12. The second-order valence-corrected chi connectivity index (χ2v) is 5.24. The quantitative estimate of drug-likeness (QED) is 0.888. The van der Waals surface area contributed by atoms with Crippen molar-refractivity contribution in [3.63, 3.8) is 0 Å². The van der Waals surface area contributed by atoms with Gasteiger partial charge in [0.15, 0.2) is 0 Å². The van der Waals surface area contributed by atoms with Crippen LogP contribution in [0.4, 0.5) is 10.1 Å². The van der Waals surface area contributed by atoms with Gasteiger partial charge in [0.25, 0.3) is 0 Å². The predicted molar refractivity (Wildman–Crippen MR) is 69.6 cm³/mol. The van der Waals surface area contributed by atoms with Crippen LogP contribution in [0, 0.1) is 5.82 Å². The third-order valence-electron chi connectivity index (χ3n) is 3.76. The first kappa shape index (κ1) is 11.8. The van der Waals surface area contributed by atoms with Crippen LogP contribution in [-0.4, -0.2) is 37.2 Å². The van der Waals surface area contributed by atoms with E-state index < -0.39 is 0 Å². The first-order valence-electron chi connectivity index (χ1n) is 6.60. The van der Waals surface area contributed by atoms with Crippen molar-refractivity contribution < 1.29 is 9.13 Å². The summed E-state index contributed by atoms with van der Waals surface area (Å²) in [5, 5.41) is 3.41. The fraction of sp³-hybridized carbons (Fsp3) is 0.571. The highest BCUT2D eigenvalue weighted by Crippen LogP contribution is 2.31. The van der Waals surface area contributed by atoms with Crippen molar-refractivity contribution in [3.8, 4) is 5.75 Å². The first-order valence-corrected chi connectivity index (χ1v) is 6.60. The number of halogens is 1. The lowest BCUT2D eigenvalue weighted by Crippen LogP contribution is -2.27. The van der Waals surface area contributed by atoms with Crippen LogP contribution in [0.2, 0.25) is 0 Å². The van der Waals surface area contributed by atoms with E-state index in [1.807, 2.05) is 6.07 Å². The minimum atomic E-state index is -0.256. The highest BCUT2D eigenvalue weighted by Gasteiger charge is 2.34. The van der Waals surface area contributed by atoms with E-state index in [2.05, 4.69) is 10.2 Å². The molecule has 0 spiro atoms. The monoisotopic (exact) mass is 250 g/mol. The van der Waals surface area contributed by atoms with Gasteiger partial charge in [0.05, 0.1) is 7.11 Å². The largest absolute Gasteiger partial charge is 0.497 e. The molecular formula is C14H19FN2O. The second kappa shape index (κ2) is 4.76. The normalized spacial score (nSPS) is 24.2. The van der Waals surface area contributed by atoms with Gasteiger partial charge in [0, 0.05) is 43.0 Å². The highest BCUT2D eigenvalue weighted by atomic mass is 19.1. The zero-order chi connectivity index (χ0) is 12.5. The third kappa shape index (κ3) is 2.58. The minimum absolute atomic E-state index is 0.256. The van der Waals surface area contributed by atoms with Gasteiger partial charge in [-0.1, -0.05) is 0 Å². The van der Waals surface area contributed by atoms with E-state index in [0.717, 1.165) is 31.2 Å². The molecule has 1 heterocycles. The van der Waals surface area contributed by atoms with Crippen LogP contribution < -0.4 is 10.1 Å². The molecule has 0 bridgehead atoms. The maximum absolute atomic E-state index is 13.4. The molecule has 1 N–H and O–H groups in total. The van der Waals surface area contributed by atoms with Gasteiger partial charge in [-0.2, -0.15) is 0 Å². The molecule has 1 saturated heterocycles. The summed E-state index contributed by atoms with van der Waals surface area (Å²) in [4.78, 5) is 2.54. The standard InChI is InChI=1S/C14H19FN2O/c1-18-14-7-10(15)6-12(8-14)16-11-4-5-17(9-11)13-2-3-13/h6-8,11,13,16H,2-5,9H2,1H3. The molecule has 98 valence electrons. The summed E-state index contributed by atoms with van der Waals surface area (Å²) < 4.78 is 18.5. The van der Waals surface area contributed by atoms with Gasteiger partial charge in [0.1, 0.15) is 11.6 Å². The van der Waals surface area contributed by atoms with E-state index in [-0.39, 0.29) is 5.82 Å². The molecule has 1 aliphatic heterocycles. The van der Waals surface area contributed by atoms with E-state index >= 15 is 0 Å². The molecule has 1 aromatic carbocycles. The Balaban J connectivity index is 1.63. The lowest BCUT2D eigenvalue weighted by molar-refractivity contribution is 0.326. The van der Waals surface area contributed by atoms with Crippen LogP contribution in [-0.2, 0) is 0 Å². The summed E-state index contributed by atoms with van der Waals surface area (Å²) in [5.74, 6) is 0.309. The zero-order valence-electron chi connectivity index (χ0n) is 10.7. The Labute approximate surface area is 107 Å². The molecule has 1 atom stereocenters. The Morgan fingerprint density at radius 1 is 1.28 bits per heavy atom. The molecule has 0 aromatic heterocycles. The summed E-state index contributed by atoms with van der Waals surface area (Å²) in [7, 11) is 1.56. The predicted octanol–water partition coefficient (Wildman–Crippen LogP) is 2.48. The van der Waals surface area contributed by atoms with Crippen LogP contribution in [0.1, 0.15) is 19.3 Å². The van der Waals surface area contributed by atoms with Gasteiger partial charge in [0.2, 0.25) is 0 Å². The fourth-order valence-corrected chi connectivity index (χ4v) is 2.68. The average molecular weight is 250 g/mol. The summed E-state index contributed by atoms with van der Waals surface area (Å²) >= 11 is 0. The van der Waals surface area contributed by atoms with E-state index in [4.69, 9.17) is 4.74 Å². The summed E-state index contributed by atoms with van der Waals surface area (Å²) in [6.45, 7) is 2.23. The molecule has 3 rings (SSSR count). The second-order valence-electron chi connectivity index (χ2n) is 5.24.